The SMILES string of the molecule is CCc1ccc2c(c1)S[C@@H](c1ccc(OC)cc1)[C@@H](O)C(=O)N2CCN(C)C. The molecule has 150 valence electrons. The van der Waals surface area contributed by atoms with E-state index in [9.17, 15) is 9.90 Å². The van der Waals surface area contributed by atoms with Crippen molar-refractivity contribution in [3.8, 4) is 5.75 Å². The molecule has 2 aromatic rings. The monoisotopic (exact) mass is 400 g/mol. The Balaban J connectivity index is 2.02. The van der Waals surface area contributed by atoms with Gasteiger partial charge in [-0.15, -0.1) is 11.8 Å². The van der Waals surface area contributed by atoms with Crippen LogP contribution in [0, 0.1) is 0 Å². The van der Waals surface area contributed by atoms with Crippen molar-refractivity contribution in [3.63, 3.8) is 0 Å². The molecule has 2 atom stereocenters. The third kappa shape index (κ3) is 4.35. The molecule has 0 spiro atoms. The van der Waals surface area contributed by atoms with Gasteiger partial charge < -0.3 is 19.6 Å². The quantitative estimate of drug-likeness (QED) is 0.806. The van der Waals surface area contributed by atoms with Crippen LogP contribution in [0.25, 0.3) is 0 Å². The molecule has 5 nitrogen and oxygen atoms in total. The fourth-order valence-electron chi connectivity index (χ4n) is 3.28. The van der Waals surface area contributed by atoms with Crippen molar-refractivity contribution in [1.29, 1.82) is 0 Å². The minimum absolute atomic E-state index is 0.252. The smallest absolute Gasteiger partial charge is 0.257 e. The summed E-state index contributed by atoms with van der Waals surface area (Å²) in [6, 6.07) is 13.8. The third-order valence-electron chi connectivity index (χ3n) is 5.00. The van der Waals surface area contributed by atoms with Gasteiger partial charge in [0.25, 0.3) is 5.91 Å². The number of methoxy groups -OCH3 is 1. The van der Waals surface area contributed by atoms with Gasteiger partial charge in [0.1, 0.15) is 11.9 Å². The number of likely N-dealkylation sites (N-methyl/N-ethyl adjacent to an activating group) is 1. The fraction of sp³-hybridized carbons (Fsp3) is 0.409. The molecule has 0 unspecified atom stereocenters. The number of anilines is 1. The number of hydrogen-bond donors (Lipinski definition) is 1. The van der Waals surface area contributed by atoms with Crippen molar-refractivity contribution in [3.05, 3.63) is 53.6 Å². The Morgan fingerprint density at radius 1 is 1.18 bits per heavy atom. The van der Waals surface area contributed by atoms with Crippen molar-refractivity contribution < 1.29 is 14.6 Å². The van der Waals surface area contributed by atoms with Gasteiger partial charge in [-0.3, -0.25) is 4.79 Å². The van der Waals surface area contributed by atoms with Crippen molar-refractivity contribution in [1.82, 2.24) is 4.90 Å². The van der Waals surface area contributed by atoms with Crippen LogP contribution in [0.5, 0.6) is 5.75 Å². The molecule has 28 heavy (non-hydrogen) atoms. The average Bonchev–Trinajstić information content (AvgIpc) is 2.81. The second-order valence-corrected chi connectivity index (χ2v) is 8.39. The van der Waals surface area contributed by atoms with Crippen LogP contribution in [0.2, 0.25) is 0 Å². The molecular weight excluding hydrogens is 372 g/mol. The summed E-state index contributed by atoms with van der Waals surface area (Å²) in [5.41, 5.74) is 3.01. The summed E-state index contributed by atoms with van der Waals surface area (Å²) in [5, 5.41) is 10.6. The van der Waals surface area contributed by atoms with Crippen LogP contribution < -0.4 is 9.64 Å². The molecule has 1 aliphatic rings. The molecule has 0 saturated heterocycles. The predicted molar refractivity (Wildman–Crippen MR) is 114 cm³/mol. The largest absolute Gasteiger partial charge is 0.497 e. The molecule has 0 aliphatic carbocycles. The number of aliphatic hydroxyl groups excluding tert-OH is 1. The van der Waals surface area contributed by atoms with E-state index in [4.69, 9.17) is 4.74 Å². The van der Waals surface area contributed by atoms with E-state index >= 15 is 0 Å². The Labute approximate surface area is 171 Å². The number of aliphatic hydroxyl groups is 1. The summed E-state index contributed by atoms with van der Waals surface area (Å²) in [5.74, 6) is 0.502. The van der Waals surface area contributed by atoms with Crippen molar-refractivity contribution >= 4 is 23.4 Å². The fourth-order valence-corrected chi connectivity index (χ4v) is 4.61. The van der Waals surface area contributed by atoms with Crippen LogP contribution >= 0.6 is 11.8 Å². The van der Waals surface area contributed by atoms with Gasteiger partial charge in [-0.25, -0.2) is 0 Å². The summed E-state index contributed by atoms with van der Waals surface area (Å²) < 4.78 is 5.24. The number of carbonyl (C=O) groups is 1. The summed E-state index contributed by atoms with van der Waals surface area (Å²) in [7, 11) is 5.59. The summed E-state index contributed by atoms with van der Waals surface area (Å²) in [6.45, 7) is 3.39. The highest BCUT2D eigenvalue weighted by atomic mass is 32.2. The Morgan fingerprint density at radius 3 is 2.50 bits per heavy atom. The van der Waals surface area contributed by atoms with E-state index in [1.807, 2.05) is 49.3 Å². The van der Waals surface area contributed by atoms with Gasteiger partial charge in [0, 0.05) is 18.0 Å². The lowest BCUT2D eigenvalue weighted by Gasteiger charge is -2.26. The van der Waals surface area contributed by atoms with Gasteiger partial charge in [-0.2, -0.15) is 0 Å². The van der Waals surface area contributed by atoms with E-state index in [1.165, 1.54) is 5.56 Å². The minimum Gasteiger partial charge on any atom is -0.497 e. The highest BCUT2D eigenvalue weighted by Gasteiger charge is 2.37. The van der Waals surface area contributed by atoms with E-state index in [2.05, 4.69) is 19.1 Å². The normalized spacial score (nSPS) is 19.5. The zero-order valence-corrected chi connectivity index (χ0v) is 17.7. The van der Waals surface area contributed by atoms with Gasteiger partial charge in [0.15, 0.2) is 0 Å². The van der Waals surface area contributed by atoms with Gasteiger partial charge in [0.05, 0.1) is 18.0 Å². The maximum atomic E-state index is 13.2. The number of aryl methyl sites for hydroxylation is 1. The molecule has 0 fully saturated rings. The zero-order chi connectivity index (χ0) is 20.3. The molecule has 6 heteroatoms. The highest BCUT2D eigenvalue weighted by molar-refractivity contribution is 7.99. The Bertz CT molecular complexity index is 823. The predicted octanol–water partition coefficient (Wildman–Crippen LogP) is 3.36. The van der Waals surface area contributed by atoms with Gasteiger partial charge in [0.2, 0.25) is 0 Å². The third-order valence-corrected chi connectivity index (χ3v) is 6.36. The topological polar surface area (TPSA) is 53.0 Å². The van der Waals surface area contributed by atoms with Gasteiger partial charge in [-0.05, 0) is 55.9 Å². The number of amides is 1. The molecule has 3 rings (SSSR count). The molecule has 1 heterocycles. The Kier molecular flexibility index (Phi) is 6.65. The van der Waals surface area contributed by atoms with Crippen LogP contribution in [-0.4, -0.2) is 56.3 Å². The highest BCUT2D eigenvalue weighted by Crippen LogP contribution is 2.46. The maximum absolute atomic E-state index is 13.2. The summed E-state index contributed by atoms with van der Waals surface area (Å²) >= 11 is 1.56. The second kappa shape index (κ2) is 8.99. The minimum atomic E-state index is -1.11. The van der Waals surface area contributed by atoms with Crippen molar-refractivity contribution in [2.45, 2.75) is 29.6 Å². The summed E-state index contributed by atoms with van der Waals surface area (Å²) in [4.78, 5) is 18.0. The number of benzene rings is 2. The maximum Gasteiger partial charge on any atom is 0.257 e. The molecule has 0 bridgehead atoms. The number of nitrogens with zero attached hydrogens (tertiary/aromatic N) is 2. The van der Waals surface area contributed by atoms with Crippen LogP contribution in [0.1, 0.15) is 23.3 Å². The number of rotatable bonds is 6. The first-order valence-corrected chi connectivity index (χ1v) is 10.4. The van der Waals surface area contributed by atoms with Crippen LogP contribution in [0.3, 0.4) is 0 Å². The number of carbonyl (C=O) groups excluding carboxylic acids is 1. The van der Waals surface area contributed by atoms with Crippen LogP contribution in [0.15, 0.2) is 47.4 Å². The first-order valence-electron chi connectivity index (χ1n) is 9.52. The molecule has 1 amide bonds. The van der Waals surface area contributed by atoms with Gasteiger partial charge >= 0.3 is 0 Å². The van der Waals surface area contributed by atoms with Crippen molar-refractivity contribution in [2.75, 3.05) is 39.2 Å². The second-order valence-electron chi connectivity index (χ2n) is 7.21. The van der Waals surface area contributed by atoms with Gasteiger partial charge in [-0.1, -0.05) is 25.1 Å². The van der Waals surface area contributed by atoms with E-state index in [1.54, 1.807) is 23.8 Å². The molecule has 2 aromatic carbocycles. The first-order chi connectivity index (χ1) is 13.4. The lowest BCUT2D eigenvalue weighted by Crippen LogP contribution is -2.43. The molecule has 1 aliphatic heterocycles. The Hall–Kier alpha value is -2.02. The number of ether oxygens (including phenoxy) is 1. The molecule has 0 radical (unpaired) electrons. The van der Waals surface area contributed by atoms with E-state index in [0.29, 0.717) is 6.54 Å². The van der Waals surface area contributed by atoms with Crippen molar-refractivity contribution in [2.24, 2.45) is 0 Å². The number of thioether (sulfide) groups is 1. The first kappa shape index (κ1) is 20.7. The number of fused-ring (bicyclic) bond motifs is 1. The lowest BCUT2D eigenvalue weighted by molar-refractivity contribution is -0.126. The van der Waals surface area contributed by atoms with Crippen LogP contribution in [0.4, 0.5) is 5.69 Å². The lowest BCUT2D eigenvalue weighted by atomic mass is 10.1. The molecule has 0 saturated carbocycles. The van der Waals surface area contributed by atoms with E-state index in [-0.39, 0.29) is 11.2 Å². The molecular formula is C22H28N2O3S. The molecule has 1 N–H and O–H groups in total. The zero-order valence-electron chi connectivity index (χ0n) is 16.9. The standard InChI is InChI=1S/C22H28N2O3S/c1-5-15-6-11-18-19(14-15)28-21(16-7-9-17(27-4)10-8-16)20(25)22(26)24(18)13-12-23(2)3/h6-11,14,20-21,25H,5,12-13H2,1-4H3/t20-,21+/m1/s1. The summed E-state index contributed by atoms with van der Waals surface area (Å²) in [6.07, 6.45) is -0.187. The number of hydrogen-bond acceptors (Lipinski definition) is 5. The van der Waals surface area contributed by atoms with E-state index < -0.39 is 6.10 Å². The average molecular weight is 401 g/mol. The molecule has 0 aromatic heterocycles. The van der Waals surface area contributed by atoms with E-state index in [0.717, 1.165) is 34.9 Å². The van der Waals surface area contributed by atoms with Crippen LogP contribution in [-0.2, 0) is 11.2 Å². The Morgan fingerprint density at radius 2 is 1.89 bits per heavy atom.